The monoisotopic (exact) mass is 240 g/mol. The summed E-state index contributed by atoms with van der Waals surface area (Å²) in [5.41, 5.74) is 0. The maximum atomic E-state index is 12.0. The lowest BCUT2D eigenvalue weighted by Gasteiger charge is -2.32. The summed E-state index contributed by atoms with van der Waals surface area (Å²) in [5, 5.41) is 3.16. The van der Waals surface area contributed by atoms with Gasteiger partial charge in [0.15, 0.2) is 0 Å². The number of hydrogen-bond donors (Lipinski definition) is 1. The first-order valence-corrected chi connectivity index (χ1v) is 6.92. The van der Waals surface area contributed by atoms with Crippen LogP contribution in [-0.2, 0) is 4.74 Å². The predicted molar refractivity (Wildman–Crippen MR) is 67.0 cm³/mol. The zero-order valence-corrected chi connectivity index (χ0v) is 10.8. The van der Waals surface area contributed by atoms with Crippen LogP contribution in [0, 0.1) is 5.92 Å². The molecule has 2 rings (SSSR count). The van der Waals surface area contributed by atoms with Crippen LogP contribution in [0.1, 0.15) is 39.0 Å². The minimum absolute atomic E-state index is 0.105. The topological polar surface area (TPSA) is 41.6 Å². The summed E-state index contributed by atoms with van der Waals surface area (Å²) < 4.78 is 5.25. The molecule has 0 atom stereocenters. The van der Waals surface area contributed by atoms with E-state index >= 15 is 0 Å². The maximum Gasteiger partial charge on any atom is 0.317 e. The van der Waals surface area contributed by atoms with Crippen molar-refractivity contribution in [2.75, 3.05) is 26.3 Å². The van der Waals surface area contributed by atoms with E-state index in [9.17, 15) is 4.79 Å². The summed E-state index contributed by atoms with van der Waals surface area (Å²) in [6.07, 6.45) is 6.11. The fourth-order valence-corrected chi connectivity index (χ4v) is 2.75. The highest BCUT2D eigenvalue weighted by Crippen LogP contribution is 2.26. The molecule has 1 heterocycles. The third-order valence-corrected chi connectivity index (χ3v) is 4.05. The number of nitrogens with one attached hydrogen (secondary N) is 1. The van der Waals surface area contributed by atoms with Crippen molar-refractivity contribution >= 4 is 6.03 Å². The minimum atomic E-state index is 0.105. The van der Waals surface area contributed by atoms with Gasteiger partial charge in [-0.3, -0.25) is 0 Å². The van der Waals surface area contributed by atoms with Crippen molar-refractivity contribution in [1.29, 1.82) is 0 Å². The Morgan fingerprint density at radius 2 is 1.88 bits per heavy atom. The molecule has 2 fully saturated rings. The predicted octanol–water partition coefficient (Wildman–Crippen LogP) is 2.00. The first-order valence-electron chi connectivity index (χ1n) is 6.92. The Kier molecular flexibility index (Phi) is 4.66. The standard InChI is InChI=1S/C13H24N2O2/c1-2-11-3-5-12(6-4-11)14-13(16)15-7-9-17-10-8-15/h11-12H,2-10H2,1H3,(H,14,16). The van der Waals surface area contributed by atoms with Gasteiger partial charge < -0.3 is 15.0 Å². The molecule has 0 radical (unpaired) electrons. The molecule has 1 saturated carbocycles. The van der Waals surface area contributed by atoms with E-state index in [1.807, 2.05) is 4.90 Å². The highest BCUT2D eigenvalue weighted by atomic mass is 16.5. The molecule has 0 aromatic rings. The van der Waals surface area contributed by atoms with Crippen molar-refractivity contribution in [3.05, 3.63) is 0 Å². The van der Waals surface area contributed by atoms with Gasteiger partial charge in [0.2, 0.25) is 0 Å². The van der Waals surface area contributed by atoms with Crippen molar-refractivity contribution < 1.29 is 9.53 Å². The molecular weight excluding hydrogens is 216 g/mol. The van der Waals surface area contributed by atoms with Crippen LogP contribution in [0.15, 0.2) is 0 Å². The molecule has 1 aliphatic heterocycles. The Bertz CT molecular complexity index is 244. The summed E-state index contributed by atoms with van der Waals surface area (Å²) in [5.74, 6) is 0.881. The first kappa shape index (κ1) is 12.7. The molecule has 17 heavy (non-hydrogen) atoms. The second-order valence-electron chi connectivity index (χ2n) is 5.17. The highest BCUT2D eigenvalue weighted by Gasteiger charge is 2.24. The lowest BCUT2D eigenvalue weighted by Crippen LogP contribution is -2.49. The smallest absolute Gasteiger partial charge is 0.317 e. The van der Waals surface area contributed by atoms with Gasteiger partial charge in [0, 0.05) is 19.1 Å². The minimum Gasteiger partial charge on any atom is -0.378 e. The van der Waals surface area contributed by atoms with Gasteiger partial charge in [0.05, 0.1) is 13.2 Å². The Morgan fingerprint density at radius 1 is 1.24 bits per heavy atom. The Labute approximate surface area is 104 Å². The van der Waals surface area contributed by atoms with Crippen LogP contribution >= 0.6 is 0 Å². The van der Waals surface area contributed by atoms with E-state index in [0.29, 0.717) is 19.3 Å². The number of carbonyl (C=O) groups excluding carboxylic acids is 1. The molecule has 0 aromatic heterocycles. The molecule has 4 nitrogen and oxygen atoms in total. The third-order valence-electron chi connectivity index (χ3n) is 4.05. The second-order valence-corrected chi connectivity index (χ2v) is 5.17. The van der Waals surface area contributed by atoms with E-state index < -0.39 is 0 Å². The molecule has 1 saturated heterocycles. The van der Waals surface area contributed by atoms with Crippen LogP contribution < -0.4 is 5.32 Å². The fraction of sp³-hybridized carbons (Fsp3) is 0.923. The molecular formula is C13H24N2O2. The maximum absolute atomic E-state index is 12.0. The molecule has 0 spiro atoms. The van der Waals surface area contributed by atoms with Crippen molar-refractivity contribution in [2.45, 2.75) is 45.1 Å². The van der Waals surface area contributed by atoms with E-state index in [0.717, 1.165) is 31.8 Å². The van der Waals surface area contributed by atoms with Crippen molar-refractivity contribution in [3.8, 4) is 0 Å². The summed E-state index contributed by atoms with van der Waals surface area (Å²) >= 11 is 0. The summed E-state index contributed by atoms with van der Waals surface area (Å²) in [6.45, 7) is 5.08. The molecule has 2 aliphatic rings. The first-order chi connectivity index (χ1) is 8.29. The highest BCUT2D eigenvalue weighted by molar-refractivity contribution is 5.74. The van der Waals surface area contributed by atoms with Crippen molar-refractivity contribution in [3.63, 3.8) is 0 Å². The quantitative estimate of drug-likeness (QED) is 0.802. The molecule has 1 N–H and O–H groups in total. The van der Waals surface area contributed by atoms with Crippen LogP contribution in [0.5, 0.6) is 0 Å². The number of morpholine rings is 1. The van der Waals surface area contributed by atoms with E-state index in [2.05, 4.69) is 12.2 Å². The number of rotatable bonds is 2. The molecule has 0 bridgehead atoms. The average Bonchev–Trinajstić information content (AvgIpc) is 2.40. The Morgan fingerprint density at radius 3 is 2.47 bits per heavy atom. The van der Waals surface area contributed by atoms with Crippen LogP contribution in [-0.4, -0.2) is 43.3 Å². The average molecular weight is 240 g/mol. The third kappa shape index (κ3) is 3.60. The van der Waals surface area contributed by atoms with Gasteiger partial charge in [0.1, 0.15) is 0 Å². The molecule has 2 amide bonds. The van der Waals surface area contributed by atoms with Gasteiger partial charge in [-0.2, -0.15) is 0 Å². The van der Waals surface area contributed by atoms with E-state index in [1.165, 1.54) is 19.3 Å². The summed E-state index contributed by atoms with van der Waals surface area (Å²) in [6, 6.07) is 0.501. The van der Waals surface area contributed by atoms with Crippen LogP contribution in [0.3, 0.4) is 0 Å². The number of nitrogens with zero attached hydrogens (tertiary/aromatic N) is 1. The van der Waals surface area contributed by atoms with Gasteiger partial charge in [-0.1, -0.05) is 13.3 Å². The number of hydrogen-bond acceptors (Lipinski definition) is 2. The lowest BCUT2D eigenvalue weighted by molar-refractivity contribution is 0.0519. The molecule has 98 valence electrons. The van der Waals surface area contributed by atoms with E-state index in [-0.39, 0.29) is 6.03 Å². The molecule has 0 aromatic carbocycles. The molecule has 0 unspecified atom stereocenters. The second kappa shape index (κ2) is 6.24. The summed E-state index contributed by atoms with van der Waals surface area (Å²) in [7, 11) is 0. The van der Waals surface area contributed by atoms with Gasteiger partial charge in [0.25, 0.3) is 0 Å². The fourth-order valence-electron chi connectivity index (χ4n) is 2.75. The number of urea groups is 1. The van der Waals surface area contributed by atoms with Gasteiger partial charge in [-0.25, -0.2) is 4.79 Å². The van der Waals surface area contributed by atoms with Gasteiger partial charge >= 0.3 is 6.03 Å². The van der Waals surface area contributed by atoms with Gasteiger partial charge in [-0.15, -0.1) is 0 Å². The Hall–Kier alpha value is -0.770. The van der Waals surface area contributed by atoms with Crippen LogP contribution in [0.2, 0.25) is 0 Å². The molecule has 4 heteroatoms. The summed E-state index contributed by atoms with van der Waals surface area (Å²) in [4.78, 5) is 13.8. The molecule has 1 aliphatic carbocycles. The van der Waals surface area contributed by atoms with Crippen molar-refractivity contribution in [1.82, 2.24) is 10.2 Å². The largest absolute Gasteiger partial charge is 0.378 e. The Balaban J connectivity index is 1.71. The zero-order chi connectivity index (χ0) is 12.1. The van der Waals surface area contributed by atoms with Crippen molar-refractivity contribution in [2.24, 2.45) is 5.92 Å². The van der Waals surface area contributed by atoms with E-state index in [4.69, 9.17) is 4.74 Å². The normalized spacial score (nSPS) is 30.1. The number of carbonyl (C=O) groups is 1. The SMILES string of the molecule is CCC1CCC(NC(=O)N2CCOCC2)CC1. The number of ether oxygens (including phenoxy) is 1. The van der Waals surface area contributed by atoms with Gasteiger partial charge in [-0.05, 0) is 31.6 Å². The number of amides is 2. The zero-order valence-electron chi connectivity index (χ0n) is 10.8. The van der Waals surface area contributed by atoms with Crippen LogP contribution in [0.4, 0.5) is 4.79 Å². The lowest BCUT2D eigenvalue weighted by atomic mass is 9.84. The van der Waals surface area contributed by atoms with Crippen LogP contribution in [0.25, 0.3) is 0 Å². The van der Waals surface area contributed by atoms with E-state index in [1.54, 1.807) is 0 Å².